The second-order valence-electron chi connectivity index (χ2n) is 6.93. The number of rotatable bonds is 7. The highest BCUT2D eigenvalue weighted by molar-refractivity contribution is 7.91. The molecule has 0 bridgehead atoms. The largest absolute Gasteiger partial charge is 0.496 e. The molecule has 0 radical (unpaired) electrons. The summed E-state index contributed by atoms with van der Waals surface area (Å²) in [4.78, 5) is 37.9. The van der Waals surface area contributed by atoms with Crippen LogP contribution in [0.5, 0.6) is 5.75 Å². The first-order valence-electron chi connectivity index (χ1n) is 9.02. The first-order valence-corrected chi connectivity index (χ1v) is 10.8. The molecule has 9 nitrogen and oxygen atoms in total. The molecule has 2 atom stereocenters. The highest BCUT2D eigenvalue weighted by Crippen LogP contribution is 2.19. The van der Waals surface area contributed by atoms with Crippen LogP contribution in [-0.4, -0.2) is 68.4 Å². The van der Waals surface area contributed by atoms with E-state index in [1.807, 2.05) is 18.2 Å². The van der Waals surface area contributed by atoms with Gasteiger partial charge in [-0.25, -0.2) is 13.2 Å². The molecule has 2 fully saturated rings. The van der Waals surface area contributed by atoms with Gasteiger partial charge in [0.25, 0.3) is 5.91 Å². The average molecular weight is 409 g/mol. The molecule has 2 saturated heterocycles. The maximum absolute atomic E-state index is 12.5. The number of sulfone groups is 1. The highest BCUT2D eigenvalue weighted by Gasteiger charge is 2.39. The van der Waals surface area contributed by atoms with Crippen LogP contribution in [0.2, 0.25) is 0 Å². The van der Waals surface area contributed by atoms with Gasteiger partial charge in [-0.15, -0.1) is 0 Å². The molecule has 2 heterocycles. The molecule has 28 heavy (non-hydrogen) atoms. The van der Waals surface area contributed by atoms with Gasteiger partial charge in [0.1, 0.15) is 11.8 Å². The minimum atomic E-state index is -3.11. The number of urea groups is 1. The van der Waals surface area contributed by atoms with E-state index in [2.05, 4.69) is 10.6 Å². The number of nitrogens with zero attached hydrogens (tertiary/aromatic N) is 1. The van der Waals surface area contributed by atoms with Crippen LogP contribution < -0.4 is 15.4 Å². The van der Waals surface area contributed by atoms with Crippen LogP contribution in [0, 0.1) is 0 Å². The molecule has 1 aromatic carbocycles. The van der Waals surface area contributed by atoms with Gasteiger partial charge in [0.2, 0.25) is 5.91 Å². The van der Waals surface area contributed by atoms with Crippen molar-refractivity contribution in [3.8, 4) is 5.75 Å². The van der Waals surface area contributed by atoms with Crippen LogP contribution in [0.4, 0.5) is 4.79 Å². The molecule has 10 heteroatoms. The molecule has 2 aliphatic heterocycles. The van der Waals surface area contributed by atoms with E-state index in [0.29, 0.717) is 18.6 Å². The molecule has 0 saturated carbocycles. The minimum Gasteiger partial charge on any atom is -0.496 e. The topological polar surface area (TPSA) is 122 Å². The summed E-state index contributed by atoms with van der Waals surface area (Å²) in [5, 5.41) is 5.15. The van der Waals surface area contributed by atoms with Crippen LogP contribution in [0.1, 0.15) is 18.4 Å². The van der Waals surface area contributed by atoms with Gasteiger partial charge in [-0.2, -0.15) is 0 Å². The smallest absolute Gasteiger partial charge is 0.324 e. The normalized spacial score (nSPS) is 23.5. The second kappa shape index (κ2) is 8.17. The zero-order valence-electron chi connectivity index (χ0n) is 15.5. The number of para-hydroxylation sites is 1. The number of carbonyl (C=O) groups excluding carboxylic acids is 3. The number of hydrogen-bond acceptors (Lipinski definition) is 6. The summed E-state index contributed by atoms with van der Waals surface area (Å²) in [6.07, 6.45) is 0.582. The number of hydrogen-bond donors (Lipinski definition) is 2. The third kappa shape index (κ3) is 4.61. The van der Waals surface area contributed by atoms with Crippen molar-refractivity contribution in [1.29, 1.82) is 0 Å². The van der Waals surface area contributed by atoms with E-state index in [9.17, 15) is 22.8 Å². The van der Waals surface area contributed by atoms with Crippen molar-refractivity contribution in [3.63, 3.8) is 0 Å². The van der Waals surface area contributed by atoms with Crippen LogP contribution >= 0.6 is 0 Å². The number of ether oxygens (including phenoxy) is 1. The van der Waals surface area contributed by atoms with Crippen molar-refractivity contribution in [1.82, 2.24) is 15.5 Å². The third-order valence-electron chi connectivity index (χ3n) is 4.89. The van der Waals surface area contributed by atoms with Gasteiger partial charge in [-0.3, -0.25) is 14.5 Å². The summed E-state index contributed by atoms with van der Waals surface area (Å²) >= 11 is 0. The third-order valence-corrected chi connectivity index (χ3v) is 6.66. The molecule has 2 N–H and O–H groups in total. The van der Waals surface area contributed by atoms with Crippen molar-refractivity contribution in [2.45, 2.75) is 31.3 Å². The zero-order chi connectivity index (χ0) is 20.3. The lowest BCUT2D eigenvalue weighted by molar-refractivity contribution is -0.131. The Labute approximate surface area is 163 Å². The number of nitrogens with one attached hydrogen (secondary N) is 2. The maximum Gasteiger partial charge on any atom is 0.324 e. The predicted octanol–water partition coefficient (Wildman–Crippen LogP) is -0.148. The molecule has 2 aliphatic rings. The van der Waals surface area contributed by atoms with Crippen molar-refractivity contribution in [2.24, 2.45) is 0 Å². The van der Waals surface area contributed by atoms with Gasteiger partial charge < -0.3 is 15.4 Å². The van der Waals surface area contributed by atoms with E-state index in [-0.39, 0.29) is 24.5 Å². The van der Waals surface area contributed by atoms with E-state index in [1.165, 1.54) is 0 Å². The summed E-state index contributed by atoms with van der Waals surface area (Å²) in [6, 6.07) is 5.42. The molecule has 152 valence electrons. The number of methoxy groups -OCH3 is 1. The lowest BCUT2D eigenvalue weighted by atomic mass is 10.1. The Morgan fingerprint density at radius 3 is 2.75 bits per heavy atom. The van der Waals surface area contributed by atoms with E-state index in [1.54, 1.807) is 13.2 Å². The van der Waals surface area contributed by atoms with Crippen LogP contribution in [0.25, 0.3) is 0 Å². The van der Waals surface area contributed by atoms with E-state index < -0.39 is 39.8 Å². The fourth-order valence-corrected chi connectivity index (χ4v) is 5.12. The molecule has 0 aliphatic carbocycles. The summed E-state index contributed by atoms with van der Waals surface area (Å²) in [7, 11) is -1.55. The first kappa shape index (κ1) is 20.1. The molecular weight excluding hydrogens is 386 g/mol. The minimum absolute atomic E-state index is 0.0494. The average Bonchev–Trinajstić information content (AvgIpc) is 3.11. The Morgan fingerprint density at radius 2 is 2.07 bits per heavy atom. The SMILES string of the molecule is COc1ccccc1CCN1C(=O)N[C@@H](CC(=O)NC2CCS(=O)(=O)C2)C1=O. The Morgan fingerprint density at radius 1 is 1.32 bits per heavy atom. The van der Waals surface area contributed by atoms with Gasteiger partial charge in [0.15, 0.2) is 9.84 Å². The Kier molecular flexibility index (Phi) is 5.87. The number of benzene rings is 1. The summed E-state index contributed by atoms with van der Waals surface area (Å²) in [5.41, 5.74) is 0.870. The maximum atomic E-state index is 12.5. The molecule has 4 amide bonds. The fourth-order valence-electron chi connectivity index (χ4n) is 3.45. The Bertz CT molecular complexity index is 885. The molecular formula is C18H23N3O6S. The quantitative estimate of drug-likeness (QED) is 0.604. The predicted molar refractivity (Wildman–Crippen MR) is 101 cm³/mol. The molecule has 0 spiro atoms. The van der Waals surface area contributed by atoms with Gasteiger partial charge in [0, 0.05) is 12.6 Å². The van der Waals surface area contributed by atoms with Gasteiger partial charge in [-0.1, -0.05) is 18.2 Å². The van der Waals surface area contributed by atoms with E-state index in [4.69, 9.17) is 4.74 Å². The van der Waals surface area contributed by atoms with E-state index in [0.717, 1.165) is 10.5 Å². The van der Waals surface area contributed by atoms with E-state index >= 15 is 0 Å². The summed E-state index contributed by atoms with van der Waals surface area (Å²) < 4.78 is 28.2. The van der Waals surface area contributed by atoms with Crippen molar-refractivity contribution in [3.05, 3.63) is 29.8 Å². The number of imide groups is 1. The zero-order valence-corrected chi connectivity index (χ0v) is 16.3. The van der Waals surface area contributed by atoms with Crippen molar-refractivity contribution < 1.29 is 27.5 Å². The second-order valence-corrected chi connectivity index (χ2v) is 9.15. The summed E-state index contributed by atoms with van der Waals surface area (Å²) in [5.74, 6) is -0.277. The monoisotopic (exact) mass is 409 g/mol. The van der Waals surface area contributed by atoms with Crippen molar-refractivity contribution in [2.75, 3.05) is 25.2 Å². The number of carbonyl (C=O) groups is 3. The van der Waals surface area contributed by atoms with Crippen molar-refractivity contribution >= 4 is 27.7 Å². The molecule has 0 aromatic heterocycles. The standard InChI is InChI=1S/C18H23N3O6S/c1-27-15-5-3-2-4-12(15)6-8-21-17(23)14(20-18(21)24)10-16(22)19-13-7-9-28(25,26)11-13/h2-5,13-14H,6-11H2,1H3,(H,19,22)(H,20,24)/t13?,14-/m0/s1. The van der Waals surface area contributed by atoms with Crippen LogP contribution in [0.15, 0.2) is 24.3 Å². The molecule has 1 aromatic rings. The fraction of sp³-hybridized carbons (Fsp3) is 0.500. The lowest BCUT2D eigenvalue weighted by Gasteiger charge is -2.15. The van der Waals surface area contributed by atoms with Crippen LogP contribution in [-0.2, 0) is 25.8 Å². The molecule has 1 unspecified atom stereocenters. The Balaban J connectivity index is 1.53. The van der Waals surface area contributed by atoms with Crippen LogP contribution in [0.3, 0.4) is 0 Å². The first-order chi connectivity index (χ1) is 13.3. The Hall–Kier alpha value is -2.62. The van der Waals surface area contributed by atoms with Gasteiger partial charge >= 0.3 is 6.03 Å². The lowest BCUT2D eigenvalue weighted by Crippen LogP contribution is -2.41. The van der Waals surface area contributed by atoms with Gasteiger partial charge in [-0.05, 0) is 24.5 Å². The molecule has 3 rings (SSSR count). The summed E-state index contributed by atoms with van der Waals surface area (Å²) in [6.45, 7) is 0.171. The highest BCUT2D eigenvalue weighted by atomic mass is 32.2. The number of amides is 4. The van der Waals surface area contributed by atoms with Gasteiger partial charge in [0.05, 0.1) is 25.0 Å².